The number of carbonyl (C=O) groups excluding carboxylic acids is 3. The molecule has 9 heteroatoms. The van der Waals surface area contributed by atoms with Crippen molar-refractivity contribution in [1.29, 1.82) is 0 Å². The van der Waals surface area contributed by atoms with Crippen LogP contribution in [0.5, 0.6) is 11.5 Å². The molecule has 5 aromatic rings. The maximum atomic E-state index is 13.5. The second-order valence-electron chi connectivity index (χ2n) is 10.2. The first-order chi connectivity index (χ1) is 22.5. The van der Waals surface area contributed by atoms with Gasteiger partial charge in [0.1, 0.15) is 10.9 Å². The Kier molecular flexibility index (Phi) is 9.41. The molecule has 8 nitrogen and oxygen atoms in total. The van der Waals surface area contributed by atoms with Gasteiger partial charge in [-0.1, -0.05) is 78.9 Å². The molecule has 0 aromatic heterocycles. The van der Waals surface area contributed by atoms with Crippen LogP contribution in [0.1, 0.15) is 26.7 Å². The van der Waals surface area contributed by atoms with Crippen LogP contribution in [-0.2, 0) is 9.59 Å². The first-order valence-electron chi connectivity index (χ1n) is 14.5. The number of hydrogen-bond donors (Lipinski definition) is 3. The van der Waals surface area contributed by atoms with Gasteiger partial charge < -0.3 is 25.4 Å². The van der Waals surface area contributed by atoms with Crippen LogP contribution >= 0.6 is 11.8 Å². The summed E-state index contributed by atoms with van der Waals surface area (Å²) in [6.07, 6.45) is 1.63. The first-order valence-corrected chi connectivity index (χ1v) is 15.4. The van der Waals surface area contributed by atoms with Crippen molar-refractivity contribution < 1.29 is 23.9 Å². The van der Waals surface area contributed by atoms with E-state index in [1.807, 2.05) is 78.9 Å². The van der Waals surface area contributed by atoms with E-state index in [0.717, 1.165) is 16.0 Å². The Morgan fingerprint density at radius 2 is 1.30 bits per heavy atom. The minimum Gasteiger partial charge on any atom is -0.454 e. The lowest BCUT2D eigenvalue weighted by Gasteiger charge is -2.18. The summed E-state index contributed by atoms with van der Waals surface area (Å²) in [6, 6.07) is 40.0. The lowest BCUT2D eigenvalue weighted by Crippen LogP contribution is -2.30. The first kappa shape index (κ1) is 30.2. The topological polar surface area (TPSA) is 106 Å². The third kappa shape index (κ3) is 7.64. The summed E-state index contributed by atoms with van der Waals surface area (Å²) >= 11 is 1.39. The van der Waals surface area contributed by atoms with E-state index in [9.17, 15) is 14.4 Å². The summed E-state index contributed by atoms with van der Waals surface area (Å²) in [6.45, 7) is 0.151. The highest BCUT2D eigenvalue weighted by molar-refractivity contribution is 8.00. The van der Waals surface area contributed by atoms with Gasteiger partial charge in [0.15, 0.2) is 11.5 Å². The predicted octanol–water partition coefficient (Wildman–Crippen LogP) is 7.30. The summed E-state index contributed by atoms with van der Waals surface area (Å²) in [4.78, 5) is 40.7. The molecule has 0 bridgehead atoms. The molecule has 1 atom stereocenters. The fraction of sp³-hybridized carbons (Fsp3) is 0.0541. The fourth-order valence-electron chi connectivity index (χ4n) is 4.69. The zero-order chi connectivity index (χ0) is 31.7. The molecule has 1 aliphatic heterocycles. The second-order valence-corrected chi connectivity index (χ2v) is 11.4. The van der Waals surface area contributed by atoms with E-state index in [1.54, 1.807) is 60.7 Å². The van der Waals surface area contributed by atoms with Gasteiger partial charge in [0.05, 0.1) is 0 Å². The van der Waals surface area contributed by atoms with Crippen molar-refractivity contribution in [3.63, 3.8) is 0 Å². The van der Waals surface area contributed by atoms with E-state index in [1.165, 1.54) is 11.8 Å². The van der Waals surface area contributed by atoms with Crippen molar-refractivity contribution in [3.8, 4) is 11.5 Å². The molecule has 0 aliphatic carbocycles. The van der Waals surface area contributed by atoms with Gasteiger partial charge in [-0.3, -0.25) is 14.4 Å². The van der Waals surface area contributed by atoms with Crippen molar-refractivity contribution in [2.24, 2.45) is 0 Å². The molecule has 6 rings (SSSR count). The van der Waals surface area contributed by atoms with Crippen molar-refractivity contribution >= 4 is 46.9 Å². The second kappa shape index (κ2) is 14.3. The number of anilines is 2. The normalized spacial score (nSPS) is 12.6. The molecule has 1 aliphatic rings. The molecule has 228 valence electrons. The lowest BCUT2D eigenvalue weighted by molar-refractivity contribution is -0.116. The Bertz CT molecular complexity index is 1860. The Labute approximate surface area is 270 Å². The van der Waals surface area contributed by atoms with Crippen molar-refractivity contribution in [2.75, 3.05) is 17.4 Å². The van der Waals surface area contributed by atoms with E-state index in [0.29, 0.717) is 28.4 Å². The summed E-state index contributed by atoms with van der Waals surface area (Å²) in [5.41, 5.74) is 3.27. The minimum absolute atomic E-state index is 0.0998. The van der Waals surface area contributed by atoms with Gasteiger partial charge in [0.25, 0.3) is 11.8 Å². The van der Waals surface area contributed by atoms with Gasteiger partial charge in [0.2, 0.25) is 12.7 Å². The number of hydrogen-bond acceptors (Lipinski definition) is 6. The largest absolute Gasteiger partial charge is 0.454 e. The molecular weight excluding hydrogens is 598 g/mol. The molecule has 0 saturated heterocycles. The van der Waals surface area contributed by atoms with E-state index < -0.39 is 17.1 Å². The number of ether oxygens (including phenoxy) is 2. The van der Waals surface area contributed by atoms with Crippen molar-refractivity contribution in [3.05, 3.63) is 156 Å². The van der Waals surface area contributed by atoms with E-state index in [-0.39, 0.29) is 18.4 Å². The van der Waals surface area contributed by atoms with Crippen LogP contribution in [0, 0.1) is 0 Å². The van der Waals surface area contributed by atoms with Crippen LogP contribution < -0.4 is 25.4 Å². The average molecular weight is 628 g/mol. The van der Waals surface area contributed by atoms with Crippen molar-refractivity contribution in [1.82, 2.24) is 5.32 Å². The van der Waals surface area contributed by atoms with E-state index >= 15 is 0 Å². The van der Waals surface area contributed by atoms with Crippen molar-refractivity contribution in [2.45, 2.75) is 10.1 Å². The number of rotatable bonds is 10. The number of thioether (sulfide) groups is 1. The quantitative estimate of drug-likeness (QED) is 0.111. The van der Waals surface area contributed by atoms with Gasteiger partial charge in [-0.25, -0.2) is 0 Å². The molecular formula is C37H29N3O5S. The molecule has 3 amide bonds. The molecule has 0 radical (unpaired) electrons. The molecule has 46 heavy (non-hydrogen) atoms. The zero-order valence-corrected chi connectivity index (χ0v) is 25.3. The highest BCUT2D eigenvalue weighted by atomic mass is 32.2. The highest BCUT2D eigenvalue weighted by Crippen LogP contribution is 2.38. The molecule has 0 spiro atoms. The van der Waals surface area contributed by atoms with Crippen LogP contribution in [-0.4, -0.2) is 24.5 Å². The summed E-state index contributed by atoms with van der Waals surface area (Å²) in [5, 5.41) is 8.06. The third-order valence-corrected chi connectivity index (χ3v) is 8.25. The van der Waals surface area contributed by atoms with Crippen LogP contribution in [0.15, 0.2) is 144 Å². The van der Waals surface area contributed by atoms with Gasteiger partial charge in [-0.15, -0.1) is 11.8 Å². The Balaban J connectivity index is 1.17. The van der Waals surface area contributed by atoms with Gasteiger partial charge >= 0.3 is 0 Å². The Hall–Kier alpha value is -5.80. The number of benzene rings is 5. The lowest BCUT2D eigenvalue weighted by atomic mass is 10.1. The zero-order valence-electron chi connectivity index (χ0n) is 24.5. The maximum Gasteiger partial charge on any atom is 0.272 e. The Morgan fingerprint density at radius 3 is 2.02 bits per heavy atom. The van der Waals surface area contributed by atoms with E-state index in [2.05, 4.69) is 16.0 Å². The molecule has 0 saturated carbocycles. The minimum atomic E-state index is -0.555. The molecule has 1 heterocycles. The third-order valence-electron chi connectivity index (χ3n) is 6.99. The Morgan fingerprint density at radius 1 is 0.674 bits per heavy atom. The summed E-state index contributed by atoms with van der Waals surface area (Å²) in [5.74, 6) is 0.160. The SMILES string of the molecule is O=C(Nc1ccc(SC(C(=O)Nc2ccc3c(c2)OCO3)c2ccccc2)cc1)/C(=C/c1ccccc1)NC(=O)c1ccccc1. The average Bonchev–Trinajstić information content (AvgIpc) is 3.57. The van der Waals surface area contributed by atoms with Gasteiger partial charge in [0, 0.05) is 27.9 Å². The smallest absolute Gasteiger partial charge is 0.272 e. The number of carbonyl (C=O) groups is 3. The standard InChI is InChI=1S/C37H29N3O5S/c41-35(27-14-8-3-9-15-27)40-31(22-25-10-4-1-5-11-25)36(42)38-28-16-19-30(20-17-28)46-34(26-12-6-2-7-13-26)37(43)39-29-18-21-32-33(23-29)45-24-44-32/h1-23,34H,24H2,(H,38,42)(H,39,43)(H,40,41)/b31-22-. The number of nitrogens with one attached hydrogen (secondary N) is 3. The molecule has 0 fully saturated rings. The van der Waals surface area contributed by atoms with Gasteiger partial charge in [-0.2, -0.15) is 0 Å². The number of amides is 3. The summed E-state index contributed by atoms with van der Waals surface area (Å²) < 4.78 is 10.8. The van der Waals surface area contributed by atoms with Gasteiger partial charge in [-0.05, 0) is 65.7 Å². The van der Waals surface area contributed by atoms with Crippen LogP contribution in [0.4, 0.5) is 11.4 Å². The molecule has 3 N–H and O–H groups in total. The fourth-order valence-corrected chi connectivity index (χ4v) is 5.72. The highest BCUT2D eigenvalue weighted by Gasteiger charge is 2.23. The molecule has 5 aromatic carbocycles. The summed E-state index contributed by atoms with van der Waals surface area (Å²) in [7, 11) is 0. The van der Waals surface area contributed by atoms with Crippen LogP contribution in [0.3, 0.4) is 0 Å². The molecule has 1 unspecified atom stereocenters. The van der Waals surface area contributed by atoms with Crippen LogP contribution in [0.2, 0.25) is 0 Å². The van der Waals surface area contributed by atoms with E-state index in [4.69, 9.17) is 9.47 Å². The van der Waals surface area contributed by atoms with Crippen LogP contribution in [0.25, 0.3) is 6.08 Å². The maximum absolute atomic E-state index is 13.5. The monoisotopic (exact) mass is 627 g/mol. The predicted molar refractivity (Wildman–Crippen MR) is 180 cm³/mol. The number of fused-ring (bicyclic) bond motifs is 1.